The van der Waals surface area contributed by atoms with Gasteiger partial charge in [0.15, 0.2) is 0 Å². The summed E-state index contributed by atoms with van der Waals surface area (Å²) in [4.78, 5) is 25.9. The summed E-state index contributed by atoms with van der Waals surface area (Å²) in [6.07, 6.45) is 0. The first kappa shape index (κ1) is 21.1. The fourth-order valence-electron chi connectivity index (χ4n) is 3.31. The fourth-order valence-corrected chi connectivity index (χ4v) is 3.31. The minimum absolute atomic E-state index is 0.230. The summed E-state index contributed by atoms with van der Waals surface area (Å²) >= 11 is 0. The molecule has 3 aromatic carbocycles. The maximum Gasteiger partial charge on any atom is 0.246 e. The zero-order valence-electron chi connectivity index (χ0n) is 17.4. The Morgan fingerprint density at radius 2 is 1.40 bits per heavy atom. The van der Waals surface area contributed by atoms with Crippen molar-refractivity contribution in [2.24, 2.45) is 0 Å². The predicted octanol–water partition coefficient (Wildman–Crippen LogP) is 4.28. The lowest BCUT2D eigenvalue weighted by molar-refractivity contribution is -0.126. The van der Waals surface area contributed by atoms with Gasteiger partial charge in [0.1, 0.15) is 11.8 Å². The molecule has 3 aromatic rings. The number of aryl methyl sites for hydroxylation is 1. The maximum atomic E-state index is 13.2. The number of amides is 2. The average molecular weight is 402 g/mol. The van der Waals surface area contributed by atoms with Gasteiger partial charge in [0, 0.05) is 0 Å². The first-order chi connectivity index (χ1) is 14.5. The SMILES string of the molecule is COc1ccc(C)cc1NC(=O)[C@H](C)NC(=O)C(c1ccccc1)c1ccccc1. The molecule has 3 rings (SSSR count). The highest BCUT2D eigenvalue weighted by molar-refractivity contribution is 5.99. The van der Waals surface area contributed by atoms with Crippen LogP contribution in [0.5, 0.6) is 5.75 Å². The number of hydrogen-bond donors (Lipinski definition) is 2. The molecular formula is C25H26N2O3. The average Bonchev–Trinajstić information content (AvgIpc) is 2.75. The fraction of sp³-hybridized carbons (Fsp3) is 0.200. The van der Waals surface area contributed by atoms with E-state index in [1.165, 1.54) is 0 Å². The Morgan fingerprint density at radius 3 is 1.93 bits per heavy atom. The first-order valence-corrected chi connectivity index (χ1v) is 9.85. The Bertz CT molecular complexity index is 964. The second kappa shape index (κ2) is 9.74. The number of rotatable bonds is 7. The van der Waals surface area contributed by atoms with Crippen LogP contribution in [0.1, 0.15) is 29.5 Å². The van der Waals surface area contributed by atoms with Gasteiger partial charge in [0.05, 0.1) is 18.7 Å². The minimum Gasteiger partial charge on any atom is -0.495 e. The van der Waals surface area contributed by atoms with Crippen molar-refractivity contribution in [2.45, 2.75) is 25.8 Å². The van der Waals surface area contributed by atoms with Crippen molar-refractivity contribution >= 4 is 17.5 Å². The highest BCUT2D eigenvalue weighted by Crippen LogP contribution is 2.26. The van der Waals surface area contributed by atoms with E-state index in [4.69, 9.17) is 4.74 Å². The summed E-state index contributed by atoms with van der Waals surface area (Å²) in [6, 6.07) is 23.9. The van der Waals surface area contributed by atoms with Gasteiger partial charge in [-0.05, 0) is 42.7 Å². The van der Waals surface area contributed by atoms with Crippen LogP contribution in [-0.2, 0) is 9.59 Å². The number of hydrogen-bond acceptors (Lipinski definition) is 3. The number of ether oxygens (including phenoxy) is 1. The summed E-state index contributed by atoms with van der Waals surface area (Å²) in [7, 11) is 1.55. The molecule has 0 saturated heterocycles. The van der Waals surface area contributed by atoms with Gasteiger partial charge in [-0.25, -0.2) is 0 Å². The van der Waals surface area contributed by atoms with Crippen molar-refractivity contribution in [3.05, 3.63) is 95.6 Å². The number of carbonyl (C=O) groups is 2. The van der Waals surface area contributed by atoms with E-state index >= 15 is 0 Å². The second-order valence-electron chi connectivity index (χ2n) is 7.18. The standard InChI is InChI=1S/C25H26N2O3/c1-17-14-15-22(30-3)21(16-17)27-24(28)18(2)26-25(29)23(19-10-6-4-7-11-19)20-12-8-5-9-13-20/h4-16,18,23H,1-3H3,(H,26,29)(H,27,28)/t18-/m0/s1. The molecule has 154 valence electrons. The Balaban J connectivity index is 1.77. The van der Waals surface area contributed by atoms with Crippen LogP contribution >= 0.6 is 0 Å². The van der Waals surface area contributed by atoms with Gasteiger partial charge in [-0.3, -0.25) is 9.59 Å². The van der Waals surface area contributed by atoms with Gasteiger partial charge in [-0.1, -0.05) is 66.7 Å². The molecule has 0 aliphatic heterocycles. The Hall–Kier alpha value is -3.60. The van der Waals surface area contributed by atoms with Gasteiger partial charge < -0.3 is 15.4 Å². The van der Waals surface area contributed by atoms with Crippen LogP contribution in [0.25, 0.3) is 0 Å². The van der Waals surface area contributed by atoms with Crippen molar-refractivity contribution in [3.63, 3.8) is 0 Å². The van der Waals surface area contributed by atoms with Crippen LogP contribution in [0.15, 0.2) is 78.9 Å². The molecule has 0 aliphatic rings. The van der Waals surface area contributed by atoms with E-state index in [1.54, 1.807) is 20.1 Å². The molecule has 5 nitrogen and oxygen atoms in total. The third-order valence-corrected chi connectivity index (χ3v) is 4.89. The molecular weight excluding hydrogens is 376 g/mol. The van der Waals surface area contributed by atoms with E-state index in [9.17, 15) is 9.59 Å². The smallest absolute Gasteiger partial charge is 0.246 e. The molecule has 0 aromatic heterocycles. The lowest BCUT2D eigenvalue weighted by Crippen LogP contribution is -2.43. The number of carbonyl (C=O) groups excluding carboxylic acids is 2. The molecule has 1 atom stereocenters. The van der Waals surface area contributed by atoms with Crippen molar-refractivity contribution < 1.29 is 14.3 Å². The van der Waals surface area contributed by atoms with Crippen molar-refractivity contribution in [1.82, 2.24) is 5.32 Å². The molecule has 0 spiro atoms. The zero-order valence-corrected chi connectivity index (χ0v) is 17.4. The van der Waals surface area contributed by atoms with E-state index in [0.717, 1.165) is 16.7 Å². The third kappa shape index (κ3) is 5.06. The summed E-state index contributed by atoms with van der Waals surface area (Å²) in [5.41, 5.74) is 3.31. The van der Waals surface area contributed by atoms with E-state index < -0.39 is 12.0 Å². The molecule has 2 N–H and O–H groups in total. The summed E-state index contributed by atoms with van der Waals surface area (Å²) in [6.45, 7) is 3.60. The van der Waals surface area contributed by atoms with E-state index in [0.29, 0.717) is 11.4 Å². The van der Waals surface area contributed by atoms with Gasteiger partial charge in [-0.15, -0.1) is 0 Å². The molecule has 0 fully saturated rings. The Morgan fingerprint density at radius 1 is 0.833 bits per heavy atom. The third-order valence-electron chi connectivity index (χ3n) is 4.89. The number of methoxy groups -OCH3 is 1. The molecule has 0 heterocycles. The Kier molecular flexibility index (Phi) is 6.86. The molecule has 0 unspecified atom stereocenters. The molecule has 0 aliphatic carbocycles. The Labute approximate surface area is 177 Å². The summed E-state index contributed by atoms with van der Waals surface area (Å²) in [5.74, 6) is -0.478. The monoisotopic (exact) mass is 402 g/mol. The van der Waals surface area contributed by atoms with Crippen LogP contribution < -0.4 is 15.4 Å². The topological polar surface area (TPSA) is 67.4 Å². The van der Waals surface area contributed by atoms with Crippen molar-refractivity contribution in [1.29, 1.82) is 0 Å². The van der Waals surface area contributed by atoms with Crippen LogP contribution in [-0.4, -0.2) is 25.0 Å². The molecule has 5 heteroatoms. The largest absolute Gasteiger partial charge is 0.495 e. The van der Waals surface area contributed by atoms with Crippen molar-refractivity contribution in [3.8, 4) is 5.75 Å². The molecule has 0 radical (unpaired) electrons. The van der Waals surface area contributed by atoms with Gasteiger partial charge in [0.2, 0.25) is 11.8 Å². The normalized spacial score (nSPS) is 11.6. The zero-order chi connectivity index (χ0) is 21.5. The van der Waals surface area contributed by atoms with Gasteiger partial charge in [-0.2, -0.15) is 0 Å². The van der Waals surface area contributed by atoms with E-state index in [2.05, 4.69) is 10.6 Å². The van der Waals surface area contributed by atoms with Crippen LogP contribution in [0.3, 0.4) is 0 Å². The summed E-state index contributed by atoms with van der Waals surface area (Å²) < 4.78 is 5.31. The highest BCUT2D eigenvalue weighted by Gasteiger charge is 2.26. The summed E-state index contributed by atoms with van der Waals surface area (Å²) in [5, 5.41) is 5.70. The van der Waals surface area contributed by atoms with Gasteiger partial charge in [0.25, 0.3) is 0 Å². The quantitative estimate of drug-likeness (QED) is 0.620. The van der Waals surface area contributed by atoms with Gasteiger partial charge >= 0.3 is 0 Å². The minimum atomic E-state index is -0.724. The maximum absolute atomic E-state index is 13.2. The predicted molar refractivity (Wildman–Crippen MR) is 119 cm³/mol. The van der Waals surface area contributed by atoms with Crippen LogP contribution in [0.2, 0.25) is 0 Å². The lowest BCUT2D eigenvalue weighted by atomic mass is 9.90. The first-order valence-electron chi connectivity index (χ1n) is 9.85. The second-order valence-corrected chi connectivity index (χ2v) is 7.18. The molecule has 0 saturated carbocycles. The van der Waals surface area contributed by atoms with E-state index in [1.807, 2.05) is 79.7 Å². The molecule has 2 amide bonds. The van der Waals surface area contributed by atoms with Crippen molar-refractivity contribution in [2.75, 3.05) is 12.4 Å². The number of nitrogens with one attached hydrogen (secondary N) is 2. The molecule has 30 heavy (non-hydrogen) atoms. The molecule has 0 bridgehead atoms. The van der Waals surface area contributed by atoms with Crippen LogP contribution in [0.4, 0.5) is 5.69 Å². The number of benzene rings is 3. The van der Waals surface area contributed by atoms with Crippen LogP contribution in [0, 0.1) is 6.92 Å². The lowest BCUT2D eigenvalue weighted by Gasteiger charge is -2.21. The number of anilines is 1. The highest BCUT2D eigenvalue weighted by atomic mass is 16.5. The van der Waals surface area contributed by atoms with E-state index in [-0.39, 0.29) is 11.8 Å².